The van der Waals surface area contributed by atoms with Crippen LogP contribution >= 0.6 is 0 Å². The van der Waals surface area contributed by atoms with Crippen molar-refractivity contribution in [2.24, 2.45) is 0 Å². The fourth-order valence-electron chi connectivity index (χ4n) is 0.685. The Morgan fingerprint density at radius 1 is 1.43 bits per heavy atom. The molecular formula is C3HN5O6. The molecule has 1 aromatic heterocycles. The summed E-state index contributed by atoms with van der Waals surface area (Å²) in [7, 11) is 0. The smallest absolute Gasteiger partial charge is 0.458 e. The number of rotatable bonds is 3. The zero-order valence-electron chi connectivity index (χ0n) is 6.22. The van der Waals surface area contributed by atoms with Crippen molar-refractivity contribution < 1.29 is 19.9 Å². The van der Waals surface area contributed by atoms with Crippen LogP contribution in [-0.4, -0.2) is 36.1 Å². The summed E-state index contributed by atoms with van der Waals surface area (Å²) in [5, 5.41) is 33.0. The van der Waals surface area contributed by atoms with E-state index in [9.17, 15) is 25.0 Å². The van der Waals surface area contributed by atoms with E-state index < -0.39 is 27.4 Å². The van der Waals surface area contributed by atoms with E-state index in [-0.39, 0.29) is 4.79 Å². The Morgan fingerprint density at radius 2 is 2.00 bits per heavy atom. The van der Waals surface area contributed by atoms with Gasteiger partial charge in [-0.05, 0) is 4.92 Å². The molecule has 11 heteroatoms. The van der Waals surface area contributed by atoms with E-state index in [0.29, 0.717) is 0 Å². The third kappa shape index (κ3) is 1.33. The SMILES string of the molecule is O=C(O)c1c([N+](=O)[O-])nnn1[N+](=O)[O-]. The average molecular weight is 203 g/mol. The number of hydrogen-bond donors (Lipinski definition) is 1. The molecule has 14 heavy (non-hydrogen) atoms. The number of carboxylic acids is 1. The molecule has 0 aliphatic rings. The van der Waals surface area contributed by atoms with Gasteiger partial charge in [0.05, 0.1) is 9.82 Å². The Labute approximate surface area is 73.8 Å². The normalized spacial score (nSPS) is 9.71. The average Bonchev–Trinajstić information content (AvgIpc) is 2.46. The minimum Gasteiger partial charge on any atom is -0.476 e. The first kappa shape index (κ1) is 9.50. The highest BCUT2D eigenvalue weighted by Gasteiger charge is 2.37. The van der Waals surface area contributed by atoms with E-state index in [1.54, 1.807) is 0 Å². The maximum atomic E-state index is 10.4. The highest BCUT2D eigenvalue weighted by atomic mass is 16.7. The summed E-state index contributed by atoms with van der Waals surface area (Å²) in [4.78, 5) is 29.3. The third-order valence-electron chi connectivity index (χ3n) is 1.17. The van der Waals surface area contributed by atoms with E-state index >= 15 is 0 Å². The van der Waals surface area contributed by atoms with Gasteiger partial charge < -0.3 is 25.3 Å². The first-order chi connectivity index (χ1) is 6.45. The molecule has 0 aromatic carbocycles. The maximum Gasteiger partial charge on any atom is 0.458 e. The molecule has 1 rings (SSSR count). The standard InChI is InChI=1S/C3HN5O6/c9-3(10)1-2(7(11)12)4-5-6(1)8(13)14/h(H,9,10). The number of nitrogens with zero attached hydrogens (tertiary/aromatic N) is 5. The molecule has 0 atom stereocenters. The molecule has 74 valence electrons. The molecule has 0 aliphatic carbocycles. The fourth-order valence-corrected chi connectivity index (χ4v) is 0.685. The van der Waals surface area contributed by atoms with Crippen LogP contribution in [0.25, 0.3) is 0 Å². The van der Waals surface area contributed by atoms with E-state index in [1.165, 1.54) is 0 Å². The molecule has 0 radical (unpaired) electrons. The van der Waals surface area contributed by atoms with Crippen molar-refractivity contribution in [3.8, 4) is 0 Å². The number of aromatic nitrogens is 3. The molecule has 1 N–H and O–H groups in total. The van der Waals surface area contributed by atoms with Gasteiger partial charge in [0.1, 0.15) is 0 Å². The number of carboxylic acid groups (broad SMARTS) is 1. The van der Waals surface area contributed by atoms with E-state index in [2.05, 4.69) is 10.3 Å². The van der Waals surface area contributed by atoms with Crippen molar-refractivity contribution in [1.29, 1.82) is 0 Å². The molecule has 1 heterocycles. The maximum absolute atomic E-state index is 10.4. The second-order valence-electron chi connectivity index (χ2n) is 1.95. The summed E-state index contributed by atoms with van der Waals surface area (Å²) in [6.45, 7) is 0. The summed E-state index contributed by atoms with van der Waals surface area (Å²) >= 11 is 0. The Morgan fingerprint density at radius 3 is 2.36 bits per heavy atom. The lowest BCUT2D eigenvalue weighted by molar-refractivity contribution is -0.554. The van der Waals surface area contributed by atoms with Crippen LogP contribution in [0.4, 0.5) is 5.82 Å². The van der Waals surface area contributed by atoms with Gasteiger partial charge in [-0.25, -0.2) is 4.79 Å². The van der Waals surface area contributed by atoms with Crippen molar-refractivity contribution in [2.45, 2.75) is 0 Å². The Bertz CT molecular complexity index is 390. The predicted molar refractivity (Wildman–Crippen MR) is 36.0 cm³/mol. The zero-order chi connectivity index (χ0) is 10.9. The topological polar surface area (TPSA) is 154 Å². The summed E-state index contributed by atoms with van der Waals surface area (Å²) in [5.74, 6) is -3.02. The van der Waals surface area contributed by atoms with Crippen LogP contribution in [0.5, 0.6) is 0 Å². The number of hydrogen-bond acceptors (Lipinski definition) is 7. The van der Waals surface area contributed by atoms with Gasteiger partial charge in [-0.1, -0.05) is 0 Å². The van der Waals surface area contributed by atoms with Gasteiger partial charge in [-0.2, -0.15) is 0 Å². The van der Waals surface area contributed by atoms with Crippen molar-refractivity contribution in [2.75, 3.05) is 0 Å². The molecule has 11 nitrogen and oxygen atoms in total. The van der Waals surface area contributed by atoms with Crippen LogP contribution in [0, 0.1) is 20.2 Å². The monoisotopic (exact) mass is 203 g/mol. The Kier molecular flexibility index (Phi) is 2.06. The quantitative estimate of drug-likeness (QED) is 0.480. The van der Waals surface area contributed by atoms with E-state index in [0.717, 1.165) is 0 Å². The van der Waals surface area contributed by atoms with E-state index in [1.807, 2.05) is 0 Å². The molecule has 0 saturated carbocycles. The molecule has 0 unspecified atom stereocenters. The lowest BCUT2D eigenvalue weighted by atomic mass is 10.4. The van der Waals surface area contributed by atoms with Gasteiger partial charge in [0.2, 0.25) is 5.10 Å². The molecule has 0 aliphatic heterocycles. The largest absolute Gasteiger partial charge is 0.476 e. The van der Waals surface area contributed by atoms with Crippen LogP contribution in [0.15, 0.2) is 0 Å². The van der Waals surface area contributed by atoms with Crippen LogP contribution in [0.3, 0.4) is 0 Å². The van der Waals surface area contributed by atoms with Crippen molar-refractivity contribution >= 4 is 11.8 Å². The molecule has 0 fully saturated rings. The summed E-state index contributed by atoms with van der Waals surface area (Å²) < 4.78 is 0. The first-order valence-corrected chi connectivity index (χ1v) is 2.93. The van der Waals surface area contributed by atoms with E-state index in [4.69, 9.17) is 5.11 Å². The Hall–Kier alpha value is -2.59. The number of carbonyl (C=O) groups is 1. The van der Waals surface area contributed by atoms with Crippen molar-refractivity contribution in [3.05, 3.63) is 25.9 Å². The summed E-state index contributed by atoms with van der Waals surface area (Å²) in [5.41, 5.74) is -1.19. The van der Waals surface area contributed by atoms with Gasteiger partial charge in [-0.3, -0.25) is 0 Å². The van der Waals surface area contributed by atoms with Gasteiger partial charge >= 0.3 is 22.7 Å². The van der Waals surface area contributed by atoms with Gasteiger partial charge in [0.25, 0.3) is 0 Å². The molecule has 0 spiro atoms. The lowest BCUT2D eigenvalue weighted by Gasteiger charge is -1.91. The Balaban J connectivity index is 3.42. The summed E-state index contributed by atoms with van der Waals surface area (Å²) in [6, 6.07) is 0. The van der Waals surface area contributed by atoms with Crippen LogP contribution < -0.4 is 0 Å². The fraction of sp³-hybridized carbons (Fsp3) is 0. The van der Waals surface area contributed by atoms with Crippen LogP contribution in [0.2, 0.25) is 0 Å². The molecule has 0 bridgehead atoms. The first-order valence-electron chi connectivity index (χ1n) is 2.93. The predicted octanol–water partition coefficient (Wildman–Crippen LogP) is -1.08. The molecular weight excluding hydrogens is 202 g/mol. The van der Waals surface area contributed by atoms with Gasteiger partial charge in [0.15, 0.2) is 0 Å². The number of aromatic carboxylic acids is 1. The van der Waals surface area contributed by atoms with Crippen LogP contribution in [0.1, 0.15) is 10.5 Å². The van der Waals surface area contributed by atoms with Gasteiger partial charge in [-0.15, -0.1) is 0 Å². The van der Waals surface area contributed by atoms with Crippen molar-refractivity contribution in [3.63, 3.8) is 0 Å². The zero-order valence-corrected chi connectivity index (χ0v) is 6.22. The highest BCUT2D eigenvalue weighted by molar-refractivity contribution is 5.89. The van der Waals surface area contributed by atoms with Crippen molar-refractivity contribution in [1.82, 2.24) is 15.1 Å². The molecule has 0 saturated heterocycles. The van der Waals surface area contributed by atoms with Crippen LogP contribution in [-0.2, 0) is 0 Å². The summed E-state index contributed by atoms with van der Waals surface area (Å²) in [6.07, 6.45) is 0. The third-order valence-corrected chi connectivity index (χ3v) is 1.17. The lowest BCUT2D eigenvalue weighted by Crippen LogP contribution is -2.18. The second-order valence-corrected chi connectivity index (χ2v) is 1.95. The highest BCUT2D eigenvalue weighted by Crippen LogP contribution is 2.13. The minimum atomic E-state index is -1.85. The molecule has 0 amide bonds. The second kappa shape index (κ2) is 3.04. The molecule has 1 aromatic rings. The number of nitro groups is 2. The van der Waals surface area contributed by atoms with Gasteiger partial charge in [0, 0.05) is 0 Å². The minimum absolute atomic E-state index is 0.277.